The number of likely N-dealkylation sites (N-methyl/N-ethyl adjacent to an activating group) is 1. The van der Waals surface area contributed by atoms with E-state index in [1.807, 2.05) is 39.0 Å². The molecule has 3 aliphatic rings. The lowest BCUT2D eigenvalue weighted by atomic mass is 9.55. The second-order valence-electron chi connectivity index (χ2n) is 15.7. The summed E-state index contributed by atoms with van der Waals surface area (Å²) in [4.78, 5) is 32.7. The van der Waals surface area contributed by atoms with Gasteiger partial charge in [0.15, 0.2) is 0 Å². The third-order valence-corrected chi connectivity index (χ3v) is 10.8. The zero-order valence-electron chi connectivity index (χ0n) is 33.1. The minimum Gasteiger partial charge on any atom is -0.490 e. The molecule has 12 nitrogen and oxygen atoms in total. The Morgan fingerprint density at radius 1 is 1.05 bits per heavy atom. The van der Waals surface area contributed by atoms with Gasteiger partial charge >= 0.3 is 0 Å². The van der Waals surface area contributed by atoms with E-state index in [9.17, 15) is 25.1 Å². The average molecular weight is 772 g/mol. The summed E-state index contributed by atoms with van der Waals surface area (Å²) in [5.41, 5.74) is 2.60. The van der Waals surface area contributed by atoms with Gasteiger partial charge in [0.25, 0.3) is 5.69 Å². The minimum absolute atomic E-state index is 0.0382. The number of amides is 1. The number of aliphatic hydroxyl groups is 2. The van der Waals surface area contributed by atoms with Crippen LogP contribution in [0.15, 0.2) is 90.7 Å². The molecule has 1 amide bonds. The monoisotopic (exact) mass is 771 g/mol. The van der Waals surface area contributed by atoms with Crippen LogP contribution in [0.3, 0.4) is 0 Å². The smallest absolute Gasteiger partial charge is 0.269 e. The zero-order chi connectivity index (χ0) is 40.5. The highest BCUT2D eigenvalue weighted by Gasteiger charge is 2.65. The molecule has 5 rings (SSSR count). The molecule has 0 spiro atoms. The molecule has 12 heteroatoms. The molecule has 2 aromatic carbocycles. The zero-order valence-corrected chi connectivity index (χ0v) is 33.1. The van der Waals surface area contributed by atoms with Gasteiger partial charge in [0.2, 0.25) is 11.7 Å². The number of non-ortho nitro benzene ring substituents is 1. The average Bonchev–Trinajstić information content (AvgIpc) is 3.18. The number of nitro groups is 1. The number of allylic oxidation sites excluding steroid dienone is 1. The van der Waals surface area contributed by atoms with Crippen LogP contribution in [0, 0.1) is 27.9 Å². The largest absolute Gasteiger partial charge is 0.490 e. The van der Waals surface area contributed by atoms with Crippen molar-refractivity contribution in [3.63, 3.8) is 0 Å². The van der Waals surface area contributed by atoms with Gasteiger partial charge in [-0.25, -0.2) is 0 Å². The number of aliphatic hydroxyl groups excluding tert-OH is 2. The topological polar surface area (TPSA) is 153 Å². The van der Waals surface area contributed by atoms with Crippen molar-refractivity contribution in [2.45, 2.75) is 89.1 Å². The third kappa shape index (κ3) is 9.59. The van der Waals surface area contributed by atoms with Gasteiger partial charge in [-0.2, -0.15) is 0 Å². The van der Waals surface area contributed by atoms with E-state index in [-0.39, 0.29) is 55.6 Å². The van der Waals surface area contributed by atoms with Crippen molar-refractivity contribution >= 4 is 23.4 Å². The molecule has 1 heterocycles. The van der Waals surface area contributed by atoms with Gasteiger partial charge in [-0.15, -0.1) is 6.58 Å². The summed E-state index contributed by atoms with van der Waals surface area (Å²) in [7, 11) is 1.72. The number of carbonyl (C=O) groups excluding carboxylic acids is 1. The van der Waals surface area contributed by atoms with Gasteiger partial charge in [-0.1, -0.05) is 42.8 Å². The molecule has 6 atom stereocenters. The number of fused-ring (bicyclic) bond motifs is 2. The van der Waals surface area contributed by atoms with E-state index in [4.69, 9.17) is 24.2 Å². The number of nitrogens with zero attached hydrogens (tertiary/aromatic N) is 3. The first kappa shape index (κ1) is 42.4. The first-order valence-electron chi connectivity index (χ1n) is 19.6. The van der Waals surface area contributed by atoms with Crippen molar-refractivity contribution in [2.24, 2.45) is 22.9 Å². The Hall–Kier alpha value is -4.78. The summed E-state index contributed by atoms with van der Waals surface area (Å²) in [5, 5.41) is 35.7. The maximum absolute atomic E-state index is 14.2. The van der Waals surface area contributed by atoms with Crippen LogP contribution < -0.4 is 9.47 Å². The maximum atomic E-state index is 14.2. The highest BCUT2D eigenvalue weighted by molar-refractivity contribution is 6.03. The first-order valence-corrected chi connectivity index (χ1v) is 19.6. The predicted octanol–water partition coefficient (Wildman–Crippen LogP) is 7.76. The van der Waals surface area contributed by atoms with Crippen LogP contribution >= 0.6 is 0 Å². The van der Waals surface area contributed by atoms with Crippen LogP contribution in [-0.2, 0) is 14.4 Å². The third-order valence-electron chi connectivity index (χ3n) is 10.8. The molecule has 1 fully saturated rings. The van der Waals surface area contributed by atoms with Crippen LogP contribution in [0.5, 0.6) is 11.5 Å². The van der Waals surface area contributed by atoms with Gasteiger partial charge < -0.3 is 34.2 Å². The number of rotatable bonds is 19. The van der Waals surface area contributed by atoms with E-state index in [1.54, 1.807) is 42.3 Å². The Balaban J connectivity index is 1.71. The maximum Gasteiger partial charge on any atom is 0.269 e. The molecule has 2 aromatic rings. The highest BCUT2D eigenvalue weighted by Crippen LogP contribution is 2.61. The molecule has 1 aliphatic heterocycles. The summed E-state index contributed by atoms with van der Waals surface area (Å²) in [6, 6.07) is 11.1. The van der Waals surface area contributed by atoms with E-state index in [0.29, 0.717) is 42.2 Å². The van der Waals surface area contributed by atoms with Crippen molar-refractivity contribution < 1.29 is 39.0 Å². The van der Waals surface area contributed by atoms with Gasteiger partial charge in [-0.3, -0.25) is 14.9 Å². The molecule has 0 unspecified atom stereocenters. The van der Waals surface area contributed by atoms with Gasteiger partial charge in [0.1, 0.15) is 29.7 Å². The second-order valence-corrected chi connectivity index (χ2v) is 15.7. The first-order chi connectivity index (χ1) is 26.9. The Bertz CT molecular complexity index is 1800. The fourth-order valence-corrected chi connectivity index (χ4v) is 8.31. The van der Waals surface area contributed by atoms with Crippen LogP contribution in [-0.4, -0.2) is 82.6 Å². The van der Waals surface area contributed by atoms with Crippen molar-refractivity contribution in [1.29, 1.82) is 0 Å². The number of oxime groups is 1. The summed E-state index contributed by atoms with van der Waals surface area (Å²) in [5.74, 6) is -0.879. The molecule has 0 bridgehead atoms. The normalized spacial score (nSPS) is 24.7. The lowest BCUT2D eigenvalue weighted by molar-refractivity contribution is -0.384. The molecule has 0 radical (unpaired) electrons. The number of hydrogen-bond acceptors (Lipinski definition) is 10. The molecule has 56 heavy (non-hydrogen) atoms. The lowest BCUT2D eigenvalue weighted by Gasteiger charge is -2.59. The summed E-state index contributed by atoms with van der Waals surface area (Å²) >= 11 is 0. The van der Waals surface area contributed by atoms with Crippen LogP contribution in [0.1, 0.15) is 82.8 Å². The van der Waals surface area contributed by atoms with Crippen LogP contribution in [0.4, 0.5) is 5.69 Å². The standard InChI is InChI=1S/C44H57N3O9/c1-7-25-53-33-20-21-38-36(28-33)41-34(14-10-12-24-49)31(13-9-11-23-48)27-35-37(45-56-43(3,4)5)29-39(44(55-38,42(35)41)54-26-8-2)46(6)40(50)22-17-30-15-18-32(19-16-30)47(51)52/h7-8,15-22,27-28,31,34,39,41-42,48-49H,1-2,9-14,23-26,29H2,3-6H3/t31-,34+,39-,41+,42+,44+/m0/s1. The van der Waals surface area contributed by atoms with Crippen molar-refractivity contribution in [1.82, 2.24) is 4.90 Å². The summed E-state index contributed by atoms with van der Waals surface area (Å²) in [6.07, 6.45) is 13.6. The SMILES string of the molecule is C=CCOc1ccc2c(c1)[C@H]1[C@H](CCCCO)[C@@H](CCCCO)C=C3C(=NOC(C)(C)C)C[C@H](N(C)C(=O)C=Cc4ccc([N+](=O)[O-])cc4)[C@@](OCC=C)(O2)[C@H]31. The number of benzene rings is 2. The van der Waals surface area contributed by atoms with Gasteiger partial charge in [-0.05, 0) is 106 Å². The Labute approximate surface area is 330 Å². The van der Waals surface area contributed by atoms with E-state index < -0.39 is 28.3 Å². The minimum atomic E-state index is -1.39. The van der Waals surface area contributed by atoms with Crippen molar-refractivity contribution in [3.05, 3.63) is 107 Å². The molecule has 302 valence electrons. The lowest BCUT2D eigenvalue weighted by Crippen LogP contribution is -2.69. The Morgan fingerprint density at radius 3 is 2.39 bits per heavy atom. The Kier molecular flexibility index (Phi) is 14.3. The molecule has 2 N–H and O–H groups in total. The molecule has 2 aliphatic carbocycles. The van der Waals surface area contributed by atoms with Crippen LogP contribution in [0.25, 0.3) is 6.08 Å². The van der Waals surface area contributed by atoms with Gasteiger partial charge in [0, 0.05) is 56.4 Å². The number of ether oxygens (including phenoxy) is 3. The molecular formula is C44H57N3O9. The summed E-state index contributed by atoms with van der Waals surface area (Å²) < 4.78 is 20.2. The molecular weight excluding hydrogens is 714 g/mol. The van der Waals surface area contributed by atoms with E-state index >= 15 is 0 Å². The van der Waals surface area contributed by atoms with E-state index in [0.717, 1.165) is 36.8 Å². The van der Waals surface area contributed by atoms with E-state index in [1.165, 1.54) is 18.2 Å². The van der Waals surface area contributed by atoms with E-state index in [2.05, 4.69) is 19.2 Å². The highest BCUT2D eigenvalue weighted by atomic mass is 16.7. The number of hydrogen-bond donors (Lipinski definition) is 2. The predicted molar refractivity (Wildman–Crippen MR) is 216 cm³/mol. The quantitative estimate of drug-likeness (QED) is 0.0480. The fourth-order valence-electron chi connectivity index (χ4n) is 8.31. The molecule has 0 aromatic heterocycles. The number of carbonyl (C=O) groups is 1. The fraction of sp³-hybridized carbons (Fsp3) is 0.500. The number of unbranched alkanes of at least 4 members (excludes halogenated alkanes) is 2. The van der Waals surface area contributed by atoms with Crippen molar-refractivity contribution in [3.8, 4) is 11.5 Å². The van der Waals surface area contributed by atoms with Crippen molar-refractivity contribution in [2.75, 3.05) is 33.5 Å². The molecule has 0 saturated heterocycles. The van der Waals surface area contributed by atoms with Crippen LogP contribution in [0.2, 0.25) is 0 Å². The van der Waals surface area contributed by atoms with Gasteiger partial charge in [0.05, 0.1) is 23.2 Å². The molecule has 1 saturated carbocycles. The summed E-state index contributed by atoms with van der Waals surface area (Å²) in [6.45, 7) is 14.3. The second kappa shape index (κ2) is 18.9. The number of nitro benzene ring substituents is 1. The Morgan fingerprint density at radius 2 is 1.75 bits per heavy atom.